The Morgan fingerprint density at radius 1 is 0.514 bits per heavy atom. The summed E-state index contributed by atoms with van der Waals surface area (Å²) in [5, 5.41) is 2.44. The number of aromatic amines is 1. The second-order valence-corrected chi connectivity index (χ2v) is 9.11. The lowest BCUT2D eigenvalue weighted by atomic mass is 9.90. The van der Waals surface area contributed by atoms with Crippen LogP contribution in [-0.4, -0.2) is 9.97 Å². The first kappa shape index (κ1) is 21.3. The molecule has 0 aliphatic heterocycles. The summed E-state index contributed by atoms with van der Waals surface area (Å²) in [7, 11) is 0. The van der Waals surface area contributed by atoms with E-state index >= 15 is 0 Å². The average Bonchev–Trinajstić information content (AvgIpc) is 3.37. The van der Waals surface area contributed by atoms with Crippen molar-refractivity contribution in [3.63, 3.8) is 0 Å². The third-order valence-corrected chi connectivity index (χ3v) is 6.93. The van der Waals surface area contributed by atoms with Crippen molar-refractivity contribution in [2.45, 2.75) is 0 Å². The fourth-order valence-corrected chi connectivity index (χ4v) is 5.37. The molecule has 2 heterocycles. The smallest absolute Gasteiger partial charge is 0.248 e. The molecular weight excluding hydrogens is 450 g/mol. The summed E-state index contributed by atoms with van der Waals surface area (Å²) in [5.41, 5.74) is 8.96. The number of nitrogens with one attached hydrogen (secondary N) is 1. The van der Waals surface area contributed by atoms with Crippen LogP contribution < -0.4 is 4.57 Å². The van der Waals surface area contributed by atoms with Crippen molar-refractivity contribution in [2.75, 3.05) is 0 Å². The van der Waals surface area contributed by atoms with E-state index in [1.54, 1.807) is 0 Å². The summed E-state index contributed by atoms with van der Waals surface area (Å²) in [4.78, 5) is 8.60. The second kappa shape index (κ2) is 8.89. The van der Waals surface area contributed by atoms with Gasteiger partial charge in [-0.25, -0.2) is 9.97 Å². The van der Waals surface area contributed by atoms with Crippen LogP contribution in [0, 0.1) is 0 Å². The second-order valence-electron chi connectivity index (χ2n) is 9.11. The minimum Gasteiger partial charge on any atom is -0.248 e. The van der Waals surface area contributed by atoms with Crippen molar-refractivity contribution in [3.05, 3.63) is 140 Å². The van der Waals surface area contributed by atoms with E-state index in [4.69, 9.17) is 4.98 Å². The lowest BCUT2D eigenvalue weighted by molar-refractivity contribution is -0.554. The Kier molecular flexibility index (Phi) is 5.11. The third-order valence-electron chi connectivity index (χ3n) is 6.93. The molecule has 0 unspecified atom stereocenters. The Hall–Kier alpha value is -5.02. The predicted molar refractivity (Wildman–Crippen MR) is 151 cm³/mol. The molecular formula is C34H24N3+. The zero-order valence-electron chi connectivity index (χ0n) is 20.2. The Morgan fingerprint density at radius 3 is 1.68 bits per heavy atom. The van der Waals surface area contributed by atoms with Gasteiger partial charge in [-0.15, -0.1) is 0 Å². The number of aromatic nitrogens is 3. The molecule has 5 aromatic carbocycles. The Morgan fingerprint density at radius 2 is 1.05 bits per heavy atom. The van der Waals surface area contributed by atoms with Gasteiger partial charge in [0.2, 0.25) is 0 Å². The first-order chi connectivity index (χ1) is 18.4. The van der Waals surface area contributed by atoms with Gasteiger partial charge in [-0.05, 0) is 46.2 Å². The zero-order chi connectivity index (χ0) is 24.6. The summed E-state index contributed by atoms with van der Waals surface area (Å²) in [6.45, 7) is 0. The van der Waals surface area contributed by atoms with Crippen LogP contribution in [-0.2, 0) is 0 Å². The highest BCUT2D eigenvalue weighted by Gasteiger charge is 2.30. The topological polar surface area (TPSA) is 32.6 Å². The first-order valence-electron chi connectivity index (χ1n) is 12.5. The highest BCUT2D eigenvalue weighted by Crippen LogP contribution is 2.43. The highest BCUT2D eigenvalue weighted by atomic mass is 15.1. The maximum atomic E-state index is 4.75. The van der Waals surface area contributed by atoms with Gasteiger partial charge < -0.3 is 0 Å². The van der Waals surface area contributed by atoms with Gasteiger partial charge in [0.25, 0.3) is 0 Å². The van der Waals surface area contributed by atoms with Gasteiger partial charge >= 0.3 is 5.82 Å². The molecule has 37 heavy (non-hydrogen) atoms. The van der Waals surface area contributed by atoms with Crippen molar-refractivity contribution < 1.29 is 4.57 Å². The molecule has 0 saturated carbocycles. The van der Waals surface area contributed by atoms with Gasteiger partial charge in [0.1, 0.15) is 5.69 Å². The number of H-pyrrole nitrogens is 1. The summed E-state index contributed by atoms with van der Waals surface area (Å²) in [5.74, 6) is 0.950. The molecule has 0 atom stereocenters. The fourth-order valence-electron chi connectivity index (χ4n) is 5.37. The van der Waals surface area contributed by atoms with E-state index < -0.39 is 0 Å². The number of hydrogen-bond acceptors (Lipinski definition) is 1. The van der Waals surface area contributed by atoms with Crippen molar-refractivity contribution in [2.24, 2.45) is 0 Å². The van der Waals surface area contributed by atoms with Crippen molar-refractivity contribution >= 4 is 21.8 Å². The minimum absolute atomic E-state index is 0.893. The molecule has 0 spiro atoms. The molecule has 0 fully saturated rings. The summed E-state index contributed by atoms with van der Waals surface area (Å²) in [6, 6.07) is 46.7. The number of nitrogens with zero attached hydrogens (tertiary/aromatic N) is 2. The van der Waals surface area contributed by atoms with Crippen LogP contribution in [0.25, 0.3) is 61.3 Å². The van der Waals surface area contributed by atoms with Gasteiger partial charge in [0, 0.05) is 17.3 Å². The minimum atomic E-state index is 0.893. The third kappa shape index (κ3) is 3.52. The van der Waals surface area contributed by atoms with Gasteiger partial charge in [-0.3, -0.25) is 0 Å². The molecule has 2 aromatic heterocycles. The maximum Gasteiger partial charge on any atom is 0.311 e. The Labute approximate surface area is 215 Å². The Bertz CT molecular complexity index is 1840. The van der Waals surface area contributed by atoms with Crippen molar-refractivity contribution in [1.82, 2.24) is 9.97 Å². The quantitative estimate of drug-likeness (QED) is 0.258. The first-order valence-corrected chi connectivity index (χ1v) is 12.5. The average molecular weight is 475 g/mol. The highest BCUT2D eigenvalue weighted by molar-refractivity contribution is 6.18. The summed E-state index contributed by atoms with van der Waals surface area (Å²) >= 11 is 0. The molecule has 0 radical (unpaired) electrons. The summed E-state index contributed by atoms with van der Waals surface area (Å²) < 4.78 is 2.33. The molecule has 3 heteroatoms. The van der Waals surface area contributed by atoms with E-state index in [9.17, 15) is 0 Å². The molecule has 0 bridgehead atoms. The number of para-hydroxylation sites is 1. The van der Waals surface area contributed by atoms with Crippen LogP contribution in [0.1, 0.15) is 0 Å². The standard InChI is InChI=1S/C34H23N3/c1-4-14-24(15-5-1)30-27-20-10-11-21-28(27)31(25-16-6-2-7-17-25)33-32(30)36-34(29-22-12-13-23-35-29)37(33)26-18-8-3-9-19-26/h1-23H/p+1. The largest absolute Gasteiger partial charge is 0.311 e. The predicted octanol–water partition coefficient (Wildman–Crippen LogP) is 7.99. The molecule has 7 aromatic rings. The lowest BCUT2D eigenvalue weighted by Gasteiger charge is -2.13. The maximum absolute atomic E-state index is 4.75. The molecule has 174 valence electrons. The number of fused-ring (bicyclic) bond motifs is 2. The summed E-state index contributed by atoms with van der Waals surface area (Å²) in [6.07, 6.45) is 1.85. The number of imidazole rings is 1. The SMILES string of the molecule is c1ccc(-c2c3ccccc3c(-c3ccccc3)c3c2[nH]c(-c2ccccn2)[n+]3-c2ccccc2)cc1. The molecule has 0 aliphatic rings. The van der Waals surface area contributed by atoms with E-state index in [0.717, 1.165) is 28.2 Å². The number of benzene rings is 5. The van der Waals surface area contributed by atoms with Crippen LogP contribution in [0.5, 0.6) is 0 Å². The van der Waals surface area contributed by atoms with E-state index in [1.807, 2.05) is 18.3 Å². The number of hydrogen-bond donors (Lipinski definition) is 1. The van der Waals surface area contributed by atoms with Crippen molar-refractivity contribution in [1.29, 1.82) is 0 Å². The fraction of sp³-hybridized carbons (Fsp3) is 0. The molecule has 7 rings (SSSR count). The number of pyridine rings is 1. The molecule has 0 saturated heterocycles. The van der Waals surface area contributed by atoms with Crippen LogP contribution in [0.2, 0.25) is 0 Å². The van der Waals surface area contributed by atoms with E-state index in [0.29, 0.717) is 0 Å². The van der Waals surface area contributed by atoms with E-state index in [-0.39, 0.29) is 0 Å². The van der Waals surface area contributed by atoms with Crippen LogP contribution >= 0.6 is 0 Å². The zero-order valence-corrected chi connectivity index (χ0v) is 20.2. The van der Waals surface area contributed by atoms with Crippen LogP contribution in [0.4, 0.5) is 0 Å². The monoisotopic (exact) mass is 474 g/mol. The number of rotatable bonds is 4. The van der Waals surface area contributed by atoms with Gasteiger partial charge in [-0.1, -0.05) is 109 Å². The van der Waals surface area contributed by atoms with Crippen LogP contribution in [0.3, 0.4) is 0 Å². The Balaban J connectivity index is 1.76. The van der Waals surface area contributed by atoms with Gasteiger partial charge in [-0.2, -0.15) is 4.57 Å². The van der Waals surface area contributed by atoms with Gasteiger partial charge in [0.15, 0.2) is 16.7 Å². The van der Waals surface area contributed by atoms with Crippen LogP contribution in [0.15, 0.2) is 140 Å². The molecule has 0 aliphatic carbocycles. The van der Waals surface area contributed by atoms with Gasteiger partial charge in [0.05, 0.1) is 0 Å². The van der Waals surface area contributed by atoms with E-state index in [1.165, 1.54) is 33.0 Å². The molecule has 1 N–H and O–H groups in total. The van der Waals surface area contributed by atoms with E-state index in [2.05, 4.69) is 131 Å². The molecule has 0 amide bonds. The van der Waals surface area contributed by atoms with Crippen molar-refractivity contribution in [3.8, 4) is 39.5 Å². The normalized spacial score (nSPS) is 11.2. The lowest BCUT2D eigenvalue weighted by Crippen LogP contribution is -2.32. The molecule has 3 nitrogen and oxygen atoms in total.